The lowest BCUT2D eigenvalue weighted by atomic mass is 10.2. The van der Waals surface area contributed by atoms with E-state index in [2.05, 4.69) is 66.9 Å². The molecular weight excluding hydrogens is 442 g/mol. The molecule has 1 aliphatic heterocycles. The lowest BCUT2D eigenvalue weighted by Gasteiger charge is -2.35. The Balaban J connectivity index is 1.33. The molecule has 0 atom stereocenters. The van der Waals surface area contributed by atoms with Gasteiger partial charge in [-0.25, -0.2) is 9.97 Å². The molecule has 9 nitrogen and oxygen atoms in total. The zero-order valence-electron chi connectivity index (χ0n) is 20.1. The van der Waals surface area contributed by atoms with Gasteiger partial charge in [0, 0.05) is 55.7 Å². The summed E-state index contributed by atoms with van der Waals surface area (Å²) in [6.45, 7) is 7.23. The molecule has 0 saturated carbocycles. The minimum Gasteiger partial charge on any atom is -0.442 e. The minimum atomic E-state index is 0.517. The summed E-state index contributed by atoms with van der Waals surface area (Å²) in [5.41, 5.74) is 3.97. The summed E-state index contributed by atoms with van der Waals surface area (Å²) in [4.78, 5) is 28.7. The number of anilines is 3. The van der Waals surface area contributed by atoms with Crippen molar-refractivity contribution in [1.82, 2.24) is 24.4 Å². The number of fused-ring (bicyclic) bond motifs is 1. The van der Waals surface area contributed by atoms with Crippen molar-refractivity contribution in [3.05, 3.63) is 49.1 Å². The van der Waals surface area contributed by atoms with Gasteiger partial charge in [0.2, 0.25) is 5.95 Å². The van der Waals surface area contributed by atoms with Crippen molar-refractivity contribution in [2.24, 2.45) is 0 Å². The Morgan fingerprint density at radius 3 is 2.63 bits per heavy atom. The van der Waals surface area contributed by atoms with Crippen molar-refractivity contribution < 1.29 is 9.21 Å². The topological polar surface area (TPSA) is 92.3 Å². The Hall–Kier alpha value is -3.72. The summed E-state index contributed by atoms with van der Waals surface area (Å²) < 4.78 is 7.78. The zero-order valence-corrected chi connectivity index (χ0v) is 20.1. The fourth-order valence-corrected chi connectivity index (χ4v) is 4.57. The normalized spacial score (nSPS) is 14.5. The number of nitrogens with one attached hydrogen (secondary N) is 1. The Kier molecular flexibility index (Phi) is 7.04. The van der Waals surface area contributed by atoms with Crippen molar-refractivity contribution >= 4 is 34.6 Å². The summed E-state index contributed by atoms with van der Waals surface area (Å²) in [7, 11) is 0. The molecule has 0 unspecified atom stereocenters. The largest absolute Gasteiger partial charge is 0.442 e. The Morgan fingerprint density at radius 2 is 1.91 bits per heavy atom. The molecule has 0 radical (unpaired) electrons. The summed E-state index contributed by atoms with van der Waals surface area (Å²) in [5, 5.41) is 4.33. The first-order chi connectivity index (χ1) is 17.2. The van der Waals surface area contributed by atoms with Gasteiger partial charge in [0.05, 0.1) is 18.4 Å². The van der Waals surface area contributed by atoms with Crippen molar-refractivity contribution in [3.8, 4) is 11.5 Å². The van der Waals surface area contributed by atoms with Crippen LogP contribution < -0.4 is 10.2 Å². The number of carbonyl (C=O) groups is 1. The van der Waals surface area contributed by atoms with Gasteiger partial charge in [-0.3, -0.25) is 4.90 Å². The highest BCUT2D eigenvalue weighted by atomic mass is 16.3. The molecule has 1 saturated heterocycles. The number of carbonyl (C=O) groups excluding carboxylic acids is 1. The maximum absolute atomic E-state index is 10.7. The van der Waals surface area contributed by atoms with Gasteiger partial charge in [0.1, 0.15) is 11.9 Å². The highest BCUT2D eigenvalue weighted by molar-refractivity contribution is 5.83. The Labute approximate surface area is 204 Å². The first-order valence-corrected chi connectivity index (χ1v) is 12.3. The Morgan fingerprint density at radius 1 is 1.09 bits per heavy atom. The molecule has 0 aliphatic carbocycles. The van der Waals surface area contributed by atoms with E-state index in [1.807, 2.05) is 6.20 Å². The first kappa shape index (κ1) is 23.0. The van der Waals surface area contributed by atoms with E-state index in [1.54, 1.807) is 6.20 Å². The number of rotatable bonds is 10. The number of unbranched alkanes of at least 4 members (excludes halogenated alkanes) is 2. The molecule has 35 heavy (non-hydrogen) atoms. The molecule has 3 aromatic heterocycles. The van der Waals surface area contributed by atoms with Crippen LogP contribution in [-0.2, 0) is 11.3 Å². The van der Waals surface area contributed by atoms with Crippen LogP contribution in [0.25, 0.3) is 22.5 Å². The summed E-state index contributed by atoms with van der Waals surface area (Å²) in [5.74, 6) is 1.29. The number of hydrogen-bond acceptors (Lipinski definition) is 8. The number of aromatic nitrogens is 4. The van der Waals surface area contributed by atoms with Gasteiger partial charge < -0.3 is 24.0 Å². The molecule has 0 bridgehead atoms. The highest BCUT2D eigenvalue weighted by Crippen LogP contribution is 2.29. The fourth-order valence-electron chi connectivity index (χ4n) is 4.57. The minimum absolute atomic E-state index is 0.517. The van der Waals surface area contributed by atoms with Crippen molar-refractivity contribution in [2.75, 3.05) is 42.9 Å². The van der Waals surface area contributed by atoms with E-state index in [0.29, 0.717) is 12.5 Å². The van der Waals surface area contributed by atoms with Gasteiger partial charge >= 0.3 is 0 Å². The molecule has 0 amide bonds. The van der Waals surface area contributed by atoms with E-state index in [-0.39, 0.29) is 0 Å². The summed E-state index contributed by atoms with van der Waals surface area (Å²) in [6.07, 6.45) is 9.41. The lowest BCUT2D eigenvalue weighted by Crippen LogP contribution is -2.46. The van der Waals surface area contributed by atoms with E-state index < -0.39 is 0 Å². The van der Waals surface area contributed by atoms with Crippen LogP contribution in [-0.4, -0.2) is 63.4 Å². The van der Waals surface area contributed by atoms with Gasteiger partial charge in [-0.2, -0.15) is 4.98 Å². The average Bonchev–Trinajstić information content (AvgIpc) is 3.54. The molecule has 0 spiro atoms. The van der Waals surface area contributed by atoms with E-state index in [1.165, 1.54) is 12.1 Å². The number of oxazole rings is 1. The Bertz CT molecular complexity index is 1240. The van der Waals surface area contributed by atoms with Crippen molar-refractivity contribution in [2.45, 2.75) is 32.7 Å². The van der Waals surface area contributed by atoms with Crippen LogP contribution in [0.5, 0.6) is 0 Å². The highest BCUT2D eigenvalue weighted by Gasteiger charge is 2.17. The van der Waals surface area contributed by atoms with Gasteiger partial charge in [0.15, 0.2) is 12.2 Å². The molecular formula is C26H31N7O2. The van der Waals surface area contributed by atoms with Crippen LogP contribution in [0.3, 0.4) is 0 Å². The monoisotopic (exact) mass is 473 g/mol. The maximum Gasteiger partial charge on any atom is 0.229 e. The van der Waals surface area contributed by atoms with Gasteiger partial charge in [-0.15, -0.1) is 0 Å². The van der Waals surface area contributed by atoms with Crippen LogP contribution in [0.15, 0.2) is 53.5 Å². The van der Waals surface area contributed by atoms with Gasteiger partial charge in [-0.05, 0) is 36.8 Å². The molecule has 1 N–H and O–H groups in total. The van der Waals surface area contributed by atoms with E-state index in [9.17, 15) is 4.79 Å². The molecule has 182 valence electrons. The second-order valence-electron chi connectivity index (χ2n) is 8.85. The second-order valence-corrected chi connectivity index (χ2v) is 8.85. The van der Waals surface area contributed by atoms with Crippen LogP contribution in [0.2, 0.25) is 0 Å². The van der Waals surface area contributed by atoms with Crippen LogP contribution in [0, 0.1) is 0 Å². The molecule has 1 fully saturated rings. The average molecular weight is 474 g/mol. The van der Waals surface area contributed by atoms with Gasteiger partial charge in [-0.1, -0.05) is 19.8 Å². The number of hydrogen-bond donors (Lipinski definition) is 1. The number of aldehydes is 1. The van der Waals surface area contributed by atoms with Crippen molar-refractivity contribution in [1.29, 1.82) is 0 Å². The van der Waals surface area contributed by atoms with Crippen molar-refractivity contribution in [3.63, 3.8) is 0 Å². The molecule has 9 heteroatoms. The lowest BCUT2D eigenvalue weighted by molar-refractivity contribution is -0.108. The predicted molar refractivity (Wildman–Crippen MR) is 137 cm³/mol. The van der Waals surface area contributed by atoms with Gasteiger partial charge in [0.25, 0.3) is 0 Å². The molecule has 1 aromatic carbocycles. The van der Waals surface area contributed by atoms with E-state index in [4.69, 9.17) is 9.40 Å². The molecule has 4 heterocycles. The first-order valence-electron chi connectivity index (χ1n) is 12.3. The standard InChI is InChI=1S/C26H31N7O2/c1-2-3-4-9-33-23(24-18-27-19-35-24)16-20-17-28-26(30-25(20)33)29-21-5-7-22(8-6-21)32-12-10-31(11-13-32)14-15-34/h5-8,15-19H,2-4,9-14H2,1H3,(H,28,29,30). The summed E-state index contributed by atoms with van der Waals surface area (Å²) in [6, 6.07) is 10.4. The number of piperazine rings is 1. The number of aryl methyl sites for hydroxylation is 1. The molecule has 4 aromatic rings. The predicted octanol–water partition coefficient (Wildman–Crippen LogP) is 4.34. The summed E-state index contributed by atoms with van der Waals surface area (Å²) >= 11 is 0. The second kappa shape index (κ2) is 10.7. The quantitative estimate of drug-likeness (QED) is 0.269. The molecule has 5 rings (SSSR count). The fraction of sp³-hybridized carbons (Fsp3) is 0.385. The number of nitrogens with zero attached hydrogens (tertiary/aromatic N) is 6. The third kappa shape index (κ3) is 5.19. The van der Waals surface area contributed by atoms with E-state index in [0.717, 1.165) is 86.4 Å². The molecule has 1 aliphatic rings. The van der Waals surface area contributed by atoms with Crippen LogP contribution >= 0.6 is 0 Å². The SMILES string of the molecule is CCCCCn1c(-c2cnco2)cc2cnc(Nc3ccc(N4CCN(CC=O)CC4)cc3)nc21. The maximum atomic E-state index is 10.7. The third-order valence-electron chi connectivity index (χ3n) is 6.50. The van der Waals surface area contributed by atoms with Crippen LogP contribution in [0.4, 0.5) is 17.3 Å². The zero-order chi connectivity index (χ0) is 24.0. The number of benzene rings is 1. The van der Waals surface area contributed by atoms with Crippen LogP contribution in [0.1, 0.15) is 26.2 Å². The third-order valence-corrected chi connectivity index (χ3v) is 6.50. The van der Waals surface area contributed by atoms with E-state index >= 15 is 0 Å². The smallest absolute Gasteiger partial charge is 0.229 e.